The quantitative estimate of drug-likeness (QED) is 0.502. The number of hydrogen-bond acceptors (Lipinski definition) is 4. The van der Waals surface area contributed by atoms with Crippen LogP contribution in [0.25, 0.3) is 0 Å². The number of carbonyl (C=O) groups is 2. The van der Waals surface area contributed by atoms with Crippen molar-refractivity contribution in [2.75, 3.05) is 13.7 Å². The first kappa shape index (κ1) is 26.7. The summed E-state index contributed by atoms with van der Waals surface area (Å²) in [6.07, 6.45) is 0. The third-order valence-electron chi connectivity index (χ3n) is 5.26. The van der Waals surface area contributed by atoms with Crippen molar-refractivity contribution in [1.82, 2.24) is 10.2 Å². The summed E-state index contributed by atoms with van der Waals surface area (Å²) in [6.45, 7) is 12.0. The maximum atomic E-state index is 13.2. The van der Waals surface area contributed by atoms with Crippen LogP contribution in [-0.4, -0.2) is 42.5 Å². The van der Waals surface area contributed by atoms with E-state index < -0.39 is 6.04 Å². The van der Waals surface area contributed by atoms with Crippen molar-refractivity contribution < 1.29 is 19.1 Å². The van der Waals surface area contributed by atoms with Gasteiger partial charge in [-0.3, -0.25) is 9.59 Å². The normalized spacial score (nSPS) is 12.3. The van der Waals surface area contributed by atoms with E-state index in [9.17, 15) is 9.59 Å². The molecule has 0 saturated carbocycles. The van der Waals surface area contributed by atoms with Crippen LogP contribution in [0.15, 0.2) is 46.9 Å². The number of methoxy groups -OCH3 is 1. The van der Waals surface area contributed by atoms with E-state index in [1.54, 1.807) is 14.0 Å². The van der Waals surface area contributed by atoms with Gasteiger partial charge in [-0.15, -0.1) is 0 Å². The topological polar surface area (TPSA) is 67.9 Å². The Balaban J connectivity index is 2.19. The van der Waals surface area contributed by atoms with E-state index in [-0.39, 0.29) is 36.4 Å². The molecular formula is C26H35BrN2O4. The average molecular weight is 519 g/mol. The first-order chi connectivity index (χ1) is 15.4. The Bertz CT molecular complexity index is 952. The third kappa shape index (κ3) is 7.77. The van der Waals surface area contributed by atoms with Gasteiger partial charge in [-0.1, -0.05) is 39.0 Å². The van der Waals surface area contributed by atoms with Crippen LogP contribution in [0.5, 0.6) is 11.5 Å². The van der Waals surface area contributed by atoms with Crippen molar-refractivity contribution in [3.8, 4) is 11.5 Å². The molecule has 0 aliphatic carbocycles. The second-order valence-corrected chi connectivity index (χ2v) is 10.2. The molecule has 0 heterocycles. The molecule has 2 aromatic rings. The lowest BCUT2D eigenvalue weighted by Crippen LogP contribution is -2.50. The molecule has 2 aromatic carbocycles. The van der Waals surface area contributed by atoms with Gasteiger partial charge in [0.25, 0.3) is 5.91 Å². The van der Waals surface area contributed by atoms with Gasteiger partial charge in [0.1, 0.15) is 17.5 Å². The van der Waals surface area contributed by atoms with E-state index in [1.807, 2.05) is 56.3 Å². The van der Waals surface area contributed by atoms with E-state index in [4.69, 9.17) is 9.47 Å². The number of nitrogens with one attached hydrogen (secondary N) is 1. The molecule has 1 atom stereocenters. The molecule has 2 rings (SSSR count). The second-order valence-electron chi connectivity index (χ2n) is 9.39. The molecule has 33 heavy (non-hydrogen) atoms. The second kappa shape index (κ2) is 11.5. The van der Waals surface area contributed by atoms with Crippen molar-refractivity contribution in [3.05, 3.63) is 58.1 Å². The van der Waals surface area contributed by atoms with Gasteiger partial charge in [-0.25, -0.2) is 0 Å². The van der Waals surface area contributed by atoms with Crippen LogP contribution in [0.1, 0.15) is 52.7 Å². The summed E-state index contributed by atoms with van der Waals surface area (Å²) in [6, 6.07) is 12.6. The Morgan fingerprint density at radius 2 is 1.70 bits per heavy atom. The lowest BCUT2D eigenvalue weighted by atomic mass is 9.87. The molecule has 0 spiro atoms. The predicted molar refractivity (Wildman–Crippen MR) is 135 cm³/mol. The predicted octanol–water partition coefficient (Wildman–Crippen LogP) is 5.08. The molecule has 0 aliphatic heterocycles. The Morgan fingerprint density at radius 3 is 2.21 bits per heavy atom. The molecule has 0 saturated heterocycles. The molecule has 1 N–H and O–H groups in total. The molecule has 6 nitrogen and oxygen atoms in total. The molecule has 0 aromatic heterocycles. The summed E-state index contributed by atoms with van der Waals surface area (Å²) in [4.78, 5) is 27.4. The lowest BCUT2D eigenvalue weighted by Gasteiger charge is -2.29. The summed E-state index contributed by atoms with van der Waals surface area (Å²) in [7, 11) is 1.60. The minimum Gasteiger partial charge on any atom is -0.497 e. The number of ether oxygens (including phenoxy) is 2. The van der Waals surface area contributed by atoms with E-state index in [2.05, 4.69) is 42.0 Å². The molecular weight excluding hydrogens is 484 g/mol. The highest BCUT2D eigenvalue weighted by atomic mass is 79.9. The van der Waals surface area contributed by atoms with Crippen LogP contribution in [0.4, 0.5) is 0 Å². The Labute approximate surface area is 205 Å². The van der Waals surface area contributed by atoms with Crippen LogP contribution < -0.4 is 14.8 Å². The molecule has 180 valence electrons. The van der Waals surface area contributed by atoms with Gasteiger partial charge in [-0.05, 0) is 77.5 Å². The fraction of sp³-hybridized carbons (Fsp3) is 0.462. The third-order valence-corrected chi connectivity index (χ3v) is 5.88. The fourth-order valence-corrected chi connectivity index (χ4v) is 3.72. The highest BCUT2D eigenvalue weighted by Crippen LogP contribution is 2.31. The van der Waals surface area contributed by atoms with Crippen LogP contribution in [0, 0.1) is 0 Å². The van der Waals surface area contributed by atoms with Gasteiger partial charge < -0.3 is 19.7 Å². The fourth-order valence-electron chi connectivity index (χ4n) is 3.22. The highest BCUT2D eigenvalue weighted by molar-refractivity contribution is 9.10. The van der Waals surface area contributed by atoms with E-state index in [1.165, 1.54) is 4.90 Å². The van der Waals surface area contributed by atoms with Crippen molar-refractivity contribution >= 4 is 27.7 Å². The van der Waals surface area contributed by atoms with Gasteiger partial charge in [0.15, 0.2) is 6.61 Å². The summed E-state index contributed by atoms with van der Waals surface area (Å²) < 4.78 is 11.8. The van der Waals surface area contributed by atoms with Gasteiger partial charge in [0, 0.05) is 12.6 Å². The van der Waals surface area contributed by atoms with Gasteiger partial charge in [0.05, 0.1) is 11.6 Å². The van der Waals surface area contributed by atoms with Crippen molar-refractivity contribution in [1.29, 1.82) is 0 Å². The molecule has 0 radical (unpaired) electrons. The van der Waals surface area contributed by atoms with Crippen LogP contribution in [0.3, 0.4) is 0 Å². The molecule has 1 unspecified atom stereocenters. The summed E-state index contributed by atoms with van der Waals surface area (Å²) in [5.74, 6) is 0.834. The number of halogens is 1. The Hall–Kier alpha value is -2.54. The van der Waals surface area contributed by atoms with Crippen molar-refractivity contribution in [2.24, 2.45) is 0 Å². The van der Waals surface area contributed by atoms with E-state index in [0.717, 1.165) is 21.3 Å². The summed E-state index contributed by atoms with van der Waals surface area (Å²) in [5.41, 5.74) is 2.06. The van der Waals surface area contributed by atoms with Gasteiger partial charge >= 0.3 is 0 Å². The largest absolute Gasteiger partial charge is 0.497 e. The van der Waals surface area contributed by atoms with E-state index in [0.29, 0.717) is 5.75 Å². The molecule has 7 heteroatoms. The average Bonchev–Trinajstić information content (AvgIpc) is 2.75. The summed E-state index contributed by atoms with van der Waals surface area (Å²) >= 11 is 3.55. The Morgan fingerprint density at radius 1 is 1.06 bits per heavy atom. The van der Waals surface area contributed by atoms with Crippen molar-refractivity contribution in [3.63, 3.8) is 0 Å². The van der Waals surface area contributed by atoms with Gasteiger partial charge in [-0.2, -0.15) is 0 Å². The number of benzene rings is 2. The SMILES string of the molecule is COc1ccc(CN(C(=O)COc2ccc(C(C)(C)C)cc2Br)C(C)C(=O)NC(C)C)cc1. The zero-order chi connectivity index (χ0) is 24.8. The van der Waals surface area contributed by atoms with Crippen LogP contribution in [0.2, 0.25) is 0 Å². The number of nitrogens with zero attached hydrogens (tertiary/aromatic N) is 1. The highest BCUT2D eigenvalue weighted by Gasteiger charge is 2.27. The smallest absolute Gasteiger partial charge is 0.261 e. The minimum atomic E-state index is -0.655. The Kier molecular flexibility index (Phi) is 9.35. The minimum absolute atomic E-state index is 0.00520. The monoisotopic (exact) mass is 518 g/mol. The zero-order valence-corrected chi connectivity index (χ0v) is 22.2. The standard InChI is InChI=1S/C26H35BrN2O4/c1-17(2)28-25(31)18(3)29(15-19-8-11-21(32-7)12-9-19)24(30)16-33-23-13-10-20(14-22(23)27)26(4,5)6/h8-14,17-18H,15-16H2,1-7H3,(H,28,31). The first-order valence-electron chi connectivity index (χ1n) is 11.1. The number of carbonyl (C=O) groups excluding carboxylic acids is 2. The summed E-state index contributed by atoms with van der Waals surface area (Å²) in [5, 5.41) is 2.88. The molecule has 0 aliphatic rings. The zero-order valence-electron chi connectivity index (χ0n) is 20.6. The molecule has 0 fully saturated rings. The van der Waals surface area contributed by atoms with E-state index >= 15 is 0 Å². The maximum absolute atomic E-state index is 13.2. The van der Waals surface area contributed by atoms with Crippen LogP contribution >= 0.6 is 15.9 Å². The molecule has 2 amide bonds. The van der Waals surface area contributed by atoms with Crippen LogP contribution in [-0.2, 0) is 21.5 Å². The maximum Gasteiger partial charge on any atom is 0.261 e. The molecule has 0 bridgehead atoms. The first-order valence-corrected chi connectivity index (χ1v) is 11.9. The van der Waals surface area contributed by atoms with Crippen molar-refractivity contribution in [2.45, 2.75) is 65.6 Å². The number of amides is 2. The van der Waals surface area contributed by atoms with Gasteiger partial charge in [0.2, 0.25) is 5.91 Å². The number of rotatable bonds is 9. The lowest BCUT2D eigenvalue weighted by molar-refractivity contribution is -0.142. The number of hydrogen-bond donors (Lipinski definition) is 1.